The van der Waals surface area contributed by atoms with Crippen LogP contribution in [0.15, 0.2) is 54.6 Å². The standard InChI is InChI=1S/C22H24N4O2S/c1-23-22(28)25-20(27)19(15-8-3-2-4-9-15)26-13-7-10-16(14-26)21-24-17-11-5-6-12-18(17)29-21/h2-6,8-9,11-12,16,19H,7,10,13-14H2,1H3,(H2,23,25,27,28)/p+1/t16-,19+/m0/s1. The zero-order valence-electron chi connectivity index (χ0n) is 16.4. The van der Waals surface area contributed by atoms with E-state index in [0.717, 1.165) is 42.0 Å². The van der Waals surface area contributed by atoms with E-state index in [2.05, 4.69) is 16.7 Å². The summed E-state index contributed by atoms with van der Waals surface area (Å²) in [5, 5.41) is 6.09. The number of fused-ring (bicyclic) bond motifs is 1. The smallest absolute Gasteiger partial charge is 0.321 e. The quantitative estimate of drug-likeness (QED) is 0.619. The van der Waals surface area contributed by atoms with E-state index >= 15 is 0 Å². The second-order valence-corrected chi connectivity index (χ2v) is 8.45. The number of carbonyl (C=O) groups is 2. The Morgan fingerprint density at radius 3 is 2.66 bits per heavy atom. The molecule has 0 aliphatic carbocycles. The third kappa shape index (κ3) is 4.31. The number of thiazole rings is 1. The van der Waals surface area contributed by atoms with Crippen LogP contribution in [-0.2, 0) is 4.79 Å². The molecule has 1 aromatic heterocycles. The van der Waals surface area contributed by atoms with Gasteiger partial charge in [0.2, 0.25) is 0 Å². The van der Waals surface area contributed by atoms with Gasteiger partial charge in [-0.3, -0.25) is 10.1 Å². The summed E-state index contributed by atoms with van der Waals surface area (Å²) in [5.41, 5.74) is 1.96. The van der Waals surface area contributed by atoms with E-state index in [4.69, 9.17) is 4.98 Å². The zero-order chi connectivity index (χ0) is 20.2. The molecule has 2 heterocycles. The van der Waals surface area contributed by atoms with Gasteiger partial charge >= 0.3 is 6.03 Å². The molecule has 0 bridgehead atoms. The Bertz CT molecular complexity index is 971. The number of quaternary nitrogens is 1. The summed E-state index contributed by atoms with van der Waals surface area (Å²) < 4.78 is 1.20. The summed E-state index contributed by atoms with van der Waals surface area (Å²) in [6.07, 6.45) is 2.09. The van der Waals surface area contributed by atoms with Crippen molar-refractivity contribution in [1.29, 1.82) is 0 Å². The molecule has 150 valence electrons. The van der Waals surface area contributed by atoms with Crippen molar-refractivity contribution in [2.45, 2.75) is 24.8 Å². The number of urea groups is 1. The fourth-order valence-electron chi connectivity index (χ4n) is 4.10. The zero-order valence-corrected chi connectivity index (χ0v) is 17.2. The SMILES string of the molecule is CNC(=O)NC(=O)[C@@H](c1ccccc1)[NH+]1CCC[C@H](c2nc3ccccc3s2)C1. The average Bonchev–Trinajstić information content (AvgIpc) is 3.19. The van der Waals surface area contributed by atoms with Crippen molar-refractivity contribution in [2.75, 3.05) is 20.1 Å². The first-order valence-electron chi connectivity index (χ1n) is 9.93. The molecule has 1 saturated heterocycles. The van der Waals surface area contributed by atoms with Gasteiger partial charge in [0.1, 0.15) is 5.01 Å². The normalized spacial score (nSPS) is 20.2. The summed E-state index contributed by atoms with van der Waals surface area (Å²) in [7, 11) is 1.51. The number of amides is 3. The van der Waals surface area contributed by atoms with Gasteiger partial charge in [0.25, 0.3) is 5.91 Å². The lowest BCUT2D eigenvalue weighted by molar-refractivity contribution is -0.928. The van der Waals surface area contributed by atoms with Gasteiger partial charge < -0.3 is 10.2 Å². The highest BCUT2D eigenvalue weighted by atomic mass is 32.1. The lowest BCUT2D eigenvalue weighted by atomic mass is 9.94. The van der Waals surface area contributed by atoms with Crippen molar-refractivity contribution in [3.8, 4) is 0 Å². The lowest BCUT2D eigenvalue weighted by Crippen LogP contribution is -3.14. The average molecular weight is 410 g/mol. The van der Waals surface area contributed by atoms with E-state index in [1.165, 1.54) is 16.6 Å². The molecule has 4 rings (SSSR count). The summed E-state index contributed by atoms with van der Waals surface area (Å²) in [6.45, 7) is 1.71. The molecule has 3 N–H and O–H groups in total. The first kappa shape index (κ1) is 19.5. The van der Waals surface area contributed by atoms with Crippen LogP contribution in [-0.4, -0.2) is 37.1 Å². The number of rotatable bonds is 4. The van der Waals surface area contributed by atoms with Crippen LogP contribution in [0.4, 0.5) is 4.79 Å². The Balaban J connectivity index is 1.60. The number of carbonyl (C=O) groups excluding carboxylic acids is 2. The van der Waals surface area contributed by atoms with Crippen LogP contribution in [0.1, 0.15) is 35.4 Å². The highest BCUT2D eigenvalue weighted by Crippen LogP contribution is 2.30. The fourth-order valence-corrected chi connectivity index (χ4v) is 5.20. The molecule has 6 nitrogen and oxygen atoms in total. The van der Waals surface area contributed by atoms with Crippen LogP contribution in [0.3, 0.4) is 0 Å². The van der Waals surface area contributed by atoms with Crippen molar-refractivity contribution in [2.24, 2.45) is 0 Å². The molecule has 3 aromatic rings. The van der Waals surface area contributed by atoms with Crippen LogP contribution >= 0.6 is 11.3 Å². The van der Waals surface area contributed by atoms with Gasteiger partial charge in [0.15, 0.2) is 6.04 Å². The number of piperidine rings is 1. The third-order valence-electron chi connectivity index (χ3n) is 5.49. The second-order valence-electron chi connectivity index (χ2n) is 7.38. The van der Waals surface area contributed by atoms with E-state index in [-0.39, 0.29) is 5.91 Å². The number of hydrogen-bond donors (Lipinski definition) is 3. The van der Waals surface area contributed by atoms with Gasteiger partial charge in [0, 0.05) is 12.6 Å². The number of nitrogens with zero attached hydrogens (tertiary/aromatic N) is 1. The molecule has 7 heteroatoms. The first-order chi connectivity index (χ1) is 14.2. The molecule has 1 aliphatic heterocycles. The minimum absolute atomic E-state index is 0.268. The minimum Gasteiger partial charge on any atom is -0.341 e. The number of imide groups is 1. The van der Waals surface area contributed by atoms with E-state index in [9.17, 15) is 9.59 Å². The summed E-state index contributed by atoms with van der Waals surface area (Å²) in [6, 6.07) is 17.0. The van der Waals surface area contributed by atoms with E-state index < -0.39 is 12.1 Å². The third-order valence-corrected chi connectivity index (χ3v) is 6.68. The fraction of sp³-hybridized carbons (Fsp3) is 0.318. The molecular weight excluding hydrogens is 384 g/mol. The number of hydrogen-bond acceptors (Lipinski definition) is 4. The van der Waals surface area contributed by atoms with Crippen molar-refractivity contribution in [1.82, 2.24) is 15.6 Å². The van der Waals surface area contributed by atoms with E-state index in [1.54, 1.807) is 11.3 Å². The van der Waals surface area contributed by atoms with Crippen LogP contribution in [0.25, 0.3) is 10.2 Å². The van der Waals surface area contributed by atoms with E-state index in [0.29, 0.717) is 5.92 Å². The number of nitrogens with one attached hydrogen (secondary N) is 3. The van der Waals surface area contributed by atoms with Gasteiger partial charge in [-0.2, -0.15) is 0 Å². The molecule has 0 radical (unpaired) electrons. The summed E-state index contributed by atoms with van der Waals surface area (Å²) in [5.74, 6) is 0.0469. The monoisotopic (exact) mass is 409 g/mol. The van der Waals surface area contributed by atoms with Crippen molar-refractivity contribution >= 4 is 33.5 Å². The molecule has 2 aromatic carbocycles. The van der Waals surface area contributed by atoms with Crippen LogP contribution in [0, 0.1) is 0 Å². The van der Waals surface area contributed by atoms with Gasteiger partial charge in [-0.1, -0.05) is 42.5 Å². The predicted molar refractivity (Wildman–Crippen MR) is 114 cm³/mol. The number of benzene rings is 2. The molecule has 0 saturated carbocycles. The number of aromatic nitrogens is 1. The Morgan fingerprint density at radius 1 is 1.14 bits per heavy atom. The van der Waals surface area contributed by atoms with Crippen LogP contribution in [0.2, 0.25) is 0 Å². The van der Waals surface area contributed by atoms with E-state index in [1.807, 2.05) is 48.5 Å². The molecule has 3 amide bonds. The largest absolute Gasteiger partial charge is 0.341 e. The van der Waals surface area contributed by atoms with Gasteiger partial charge in [-0.05, 0) is 25.0 Å². The molecule has 0 spiro atoms. The Labute approximate surface area is 173 Å². The molecular formula is C22H25N4O2S+. The predicted octanol–water partition coefficient (Wildman–Crippen LogP) is 2.26. The maximum absolute atomic E-state index is 13.0. The molecule has 1 unspecified atom stereocenters. The number of para-hydroxylation sites is 1. The lowest BCUT2D eigenvalue weighted by Gasteiger charge is -2.34. The van der Waals surface area contributed by atoms with Gasteiger partial charge in [-0.15, -0.1) is 11.3 Å². The second kappa shape index (κ2) is 8.71. The Morgan fingerprint density at radius 2 is 1.90 bits per heavy atom. The van der Waals surface area contributed by atoms with Crippen molar-refractivity contribution in [3.63, 3.8) is 0 Å². The molecule has 3 atom stereocenters. The maximum Gasteiger partial charge on any atom is 0.321 e. The highest BCUT2D eigenvalue weighted by Gasteiger charge is 2.37. The maximum atomic E-state index is 13.0. The van der Waals surface area contributed by atoms with Crippen molar-refractivity contribution < 1.29 is 14.5 Å². The summed E-state index contributed by atoms with van der Waals surface area (Å²) >= 11 is 1.75. The molecule has 1 fully saturated rings. The molecule has 1 aliphatic rings. The van der Waals surface area contributed by atoms with Gasteiger partial charge in [-0.25, -0.2) is 9.78 Å². The van der Waals surface area contributed by atoms with Crippen LogP contribution in [0.5, 0.6) is 0 Å². The van der Waals surface area contributed by atoms with Crippen molar-refractivity contribution in [3.05, 3.63) is 65.2 Å². The first-order valence-corrected chi connectivity index (χ1v) is 10.7. The number of likely N-dealkylation sites (tertiary alicyclic amines) is 1. The Hall–Kier alpha value is -2.77. The Kier molecular flexibility index (Phi) is 5.87. The summed E-state index contributed by atoms with van der Waals surface area (Å²) in [4.78, 5) is 30.8. The molecule has 29 heavy (non-hydrogen) atoms. The minimum atomic E-state index is -0.477. The van der Waals surface area contributed by atoms with Gasteiger partial charge in [0.05, 0.1) is 29.2 Å². The highest BCUT2D eigenvalue weighted by molar-refractivity contribution is 7.18. The topological polar surface area (TPSA) is 75.5 Å². The van der Waals surface area contributed by atoms with Crippen LogP contribution < -0.4 is 15.5 Å².